The van der Waals surface area contributed by atoms with Crippen molar-refractivity contribution in [2.75, 3.05) is 0 Å². The molecule has 2 fully saturated rings. The van der Waals surface area contributed by atoms with Crippen molar-refractivity contribution in [2.24, 2.45) is 0 Å². The highest BCUT2D eigenvalue weighted by Crippen LogP contribution is 2.47. The summed E-state index contributed by atoms with van der Waals surface area (Å²) in [5.41, 5.74) is 0.325. The van der Waals surface area contributed by atoms with E-state index in [4.69, 9.17) is 4.74 Å². The molecule has 0 radical (unpaired) electrons. The van der Waals surface area contributed by atoms with E-state index in [1.807, 2.05) is 6.07 Å². The molecule has 5 nitrogen and oxygen atoms in total. The number of rotatable bonds is 2. The number of aromatic nitrogens is 1. The Balaban J connectivity index is 1.91. The van der Waals surface area contributed by atoms with E-state index in [1.165, 1.54) is 0 Å². The van der Waals surface area contributed by atoms with E-state index in [9.17, 15) is 10.1 Å². The van der Waals surface area contributed by atoms with Crippen molar-refractivity contribution >= 4 is 22.0 Å². The molecule has 2 aliphatic heterocycles. The molecule has 2 bridgehead atoms. The van der Waals surface area contributed by atoms with E-state index in [2.05, 4.69) is 33.6 Å². The Morgan fingerprint density at radius 3 is 2.73 bits per heavy atom. The molecule has 2 unspecified atom stereocenters. The molecule has 1 amide bonds. The highest BCUT2D eigenvalue weighted by atomic mass is 79.9. The van der Waals surface area contributed by atoms with Crippen LogP contribution in [0.5, 0.6) is 0 Å². The number of nitrogens with zero attached hydrogens (tertiary/aromatic N) is 3. The molecule has 6 heteroatoms. The van der Waals surface area contributed by atoms with Gasteiger partial charge >= 0.3 is 6.09 Å². The first-order chi connectivity index (χ1) is 10.6. The Labute approximate surface area is 137 Å². The number of carbonyl (C=O) groups is 1. The van der Waals surface area contributed by atoms with Gasteiger partial charge in [0.05, 0.1) is 17.7 Å². The van der Waals surface area contributed by atoms with Crippen molar-refractivity contribution in [2.45, 2.75) is 43.2 Å². The van der Waals surface area contributed by atoms with Crippen molar-refractivity contribution in [1.82, 2.24) is 9.88 Å². The molecule has 3 rings (SSSR count). The van der Waals surface area contributed by atoms with E-state index in [0.717, 1.165) is 29.1 Å². The van der Waals surface area contributed by atoms with Gasteiger partial charge in [0.2, 0.25) is 0 Å². The maximum absolute atomic E-state index is 12.1. The molecule has 1 aromatic heterocycles. The van der Waals surface area contributed by atoms with Crippen LogP contribution >= 0.6 is 15.9 Å². The van der Waals surface area contributed by atoms with Crippen molar-refractivity contribution < 1.29 is 9.53 Å². The zero-order valence-corrected chi connectivity index (χ0v) is 13.6. The molecule has 0 spiro atoms. The van der Waals surface area contributed by atoms with E-state index < -0.39 is 5.41 Å². The third kappa shape index (κ3) is 2.40. The molecule has 2 atom stereocenters. The van der Waals surface area contributed by atoms with Gasteiger partial charge < -0.3 is 9.64 Å². The minimum atomic E-state index is -0.590. The van der Waals surface area contributed by atoms with Crippen molar-refractivity contribution in [3.63, 3.8) is 0 Å². The summed E-state index contributed by atoms with van der Waals surface area (Å²) in [5, 5.41) is 9.83. The lowest BCUT2D eigenvalue weighted by atomic mass is 9.71. The van der Waals surface area contributed by atoms with Gasteiger partial charge in [-0.05, 0) is 53.2 Å². The Morgan fingerprint density at radius 1 is 1.50 bits per heavy atom. The Kier molecular flexibility index (Phi) is 3.92. The minimum Gasteiger partial charge on any atom is -0.419 e. The lowest BCUT2D eigenvalue weighted by Gasteiger charge is -2.42. The van der Waals surface area contributed by atoms with Crippen molar-refractivity contribution in [3.05, 3.63) is 41.3 Å². The van der Waals surface area contributed by atoms with Gasteiger partial charge in [-0.3, -0.25) is 4.98 Å². The third-order valence-electron chi connectivity index (χ3n) is 4.65. The summed E-state index contributed by atoms with van der Waals surface area (Å²) < 4.78 is 5.80. The van der Waals surface area contributed by atoms with Gasteiger partial charge in [0, 0.05) is 29.0 Å². The second-order valence-corrected chi connectivity index (χ2v) is 6.75. The lowest BCUT2D eigenvalue weighted by Crippen LogP contribution is -2.51. The van der Waals surface area contributed by atoms with Crippen LogP contribution in [0.2, 0.25) is 0 Å². The standard InChI is InChI=1S/C16H16BrN3O2/c1-2-22-15(21)20-13-3-4-14(20)7-16(6-13,10-18)11-5-12(17)9-19-8-11/h2,5,8-9,13-14H,1,3-4,6-7H2. The minimum absolute atomic E-state index is 0.0323. The molecule has 22 heavy (non-hydrogen) atoms. The van der Waals surface area contributed by atoms with E-state index in [-0.39, 0.29) is 18.2 Å². The Bertz CT molecular complexity index is 641. The average Bonchev–Trinajstić information content (AvgIpc) is 2.79. The molecule has 3 heterocycles. The van der Waals surface area contributed by atoms with Crippen LogP contribution in [-0.4, -0.2) is 28.1 Å². The summed E-state index contributed by atoms with van der Waals surface area (Å²) in [6, 6.07) is 4.51. The van der Waals surface area contributed by atoms with Crippen LogP contribution in [0.15, 0.2) is 35.8 Å². The number of nitriles is 1. The van der Waals surface area contributed by atoms with E-state index in [1.54, 1.807) is 17.3 Å². The summed E-state index contributed by atoms with van der Waals surface area (Å²) in [6.45, 7) is 3.43. The van der Waals surface area contributed by atoms with E-state index in [0.29, 0.717) is 12.8 Å². The van der Waals surface area contributed by atoms with Crippen molar-refractivity contribution in [3.8, 4) is 6.07 Å². The number of pyridine rings is 1. The molecule has 114 valence electrons. The molecule has 2 aliphatic rings. The molecule has 0 saturated carbocycles. The van der Waals surface area contributed by atoms with Crippen LogP contribution in [0.3, 0.4) is 0 Å². The normalized spacial score (nSPS) is 29.7. The van der Waals surface area contributed by atoms with Gasteiger partial charge in [-0.1, -0.05) is 6.58 Å². The molecule has 0 N–H and O–H groups in total. The van der Waals surface area contributed by atoms with Gasteiger partial charge in [0.1, 0.15) is 0 Å². The molecule has 2 saturated heterocycles. The maximum atomic E-state index is 12.1. The number of carbonyl (C=O) groups excluding carboxylic acids is 1. The van der Waals surface area contributed by atoms with Crippen LogP contribution in [0, 0.1) is 11.3 Å². The first kappa shape index (κ1) is 15.0. The summed E-state index contributed by atoms with van der Waals surface area (Å²) in [6.07, 6.45) is 7.30. The first-order valence-electron chi connectivity index (χ1n) is 7.22. The van der Waals surface area contributed by atoms with Crippen molar-refractivity contribution in [1.29, 1.82) is 5.26 Å². The quantitative estimate of drug-likeness (QED) is 0.755. The highest BCUT2D eigenvalue weighted by Gasteiger charge is 2.51. The highest BCUT2D eigenvalue weighted by molar-refractivity contribution is 9.10. The molecule has 1 aromatic rings. The number of piperidine rings is 1. The van der Waals surface area contributed by atoms with E-state index >= 15 is 0 Å². The fourth-order valence-electron chi connectivity index (χ4n) is 3.75. The molecular weight excluding hydrogens is 346 g/mol. The summed E-state index contributed by atoms with van der Waals surface area (Å²) >= 11 is 3.42. The summed E-state index contributed by atoms with van der Waals surface area (Å²) in [4.78, 5) is 18.0. The summed E-state index contributed by atoms with van der Waals surface area (Å²) in [7, 11) is 0. The number of fused-ring (bicyclic) bond motifs is 2. The predicted octanol–water partition coefficient (Wildman–Crippen LogP) is 3.51. The van der Waals surface area contributed by atoms with Crippen LogP contribution in [-0.2, 0) is 10.2 Å². The van der Waals surface area contributed by atoms with Crippen LogP contribution in [0.25, 0.3) is 0 Å². The second-order valence-electron chi connectivity index (χ2n) is 5.84. The van der Waals surface area contributed by atoms with Gasteiger partial charge in [0.25, 0.3) is 0 Å². The Morgan fingerprint density at radius 2 is 2.18 bits per heavy atom. The predicted molar refractivity (Wildman–Crippen MR) is 83.8 cm³/mol. The third-order valence-corrected chi connectivity index (χ3v) is 5.09. The molecule has 0 aromatic carbocycles. The van der Waals surface area contributed by atoms with Crippen LogP contribution < -0.4 is 0 Å². The van der Waals surface area contributed by atoms with Crippen LogP contribution in [0.4, 0.5) is 4.79 Å². The number of hydrogen-bond acceptors (Lipinski definition) is 4. The summed E-state index contributed by atoms with van der Waals surface area (Å²) in [5.74, 6) is 0. The van der Waals surface area contributed by atoms with Crippen LogP contribution in [0.1, 0.15) is 31.2 Å². The monoisotopic (exact) mass is 361 g/mol. The number of ether oxygens (including phenoxy) is 1. The average molecular weight is 362 g/mol. The fourth-order valence-corrected chi connectivity index (χ4v) is 4.11. The maximum Gasteiger partial charge on any atom is 0.415 e. The molecular formula is C16H16BrN3O2. The number of hydrogen-bond donors (Lipinski definition) is 0. The lowest BCUT2D eigenvalue weighted by molar-refractivity contribution is 0.0808. The number of amides is 1. The zero-order chi connectivity index (χ0) is 15.7. The SMILES string of the molecule is C=COC(=O)N1C2CCC1CC(C#N)(c1cncc(Br)c1)C2. The number of halogens is 1. The second kappa shape index (κ2) is 5.73. The van der Waals surface area contributed by atoms with Gasteiger partial charge in [-0.25, -0.2) is 4.79 Å². The smallest absolute Gasteiger partial charge is 0.415 e. The topological polar surface area (TPSA) is 66.2 Å². The largest absolute Gasteiger partial charge is 0.419 e. The fraction of sp³-hybridized carbons (Fsp3) is 0.438. The van der Waals surface area contributed by atoms with Gasteiger partial charge in [-0.15, -0.1) is 0 Å². The first-order valence-corrected chi connectivity index (χ1v) is 8.01. The van der Waals surface area contributed by atoms with Gasteiger partial charge in [0.15, 0.2) is 0 Å². The zero-order valence-electron chi connectivity index (χ0n) is 12.0. The Hall–Kier alpha value is -1.87. The van der Waals surface area contributed by atoms with Gasteiger partial charge in [-0.2, -0.15) is 5.26 Å². The molecule has 0 aliphatic carbocycles.